The number of benzene rings is 1. The summed E-state index contributed by atoms with van der Waals surface area (Å²) < 4.78 is 38.3. The van der Waals surface area contributed by atoms with E-state index in [2.05, 4.69) is 24.8 Å². The molecule has 0 amide bonds. The Morgan fingerprint density at radius 1 is 1.13 bits per heavy atom. The van der Waals surface area contributed by atoms with Crippen LogP contribution in [0.2, 0.25) is 0 Å². The minimum absolute atomic E-state index is 0.0567. The fourth-order valence-electron chi connectivity index (χ4n) is 3.03. The van der Waals surface area contributed by atoms with Gasteiger partial charge in [0.1, 0.15) is 11.4 Å². The number of rotatable bonds is 7. The van der Waals surface area contributed by atoms with Gasteiger partial charge in [-0.3, -0.25) is 0 Å². The maximum atomic E-state index is 12.6. The van der Waals surface area contributed by atoms with Gasteiger partial charge < -0.3 is 19.1 Å². The van der Waals surface area contributed by atoms with Crippen LogP contribution in [0.3, 0.4) is 0 Å². The van der Waals surface area contributed by atoms with Crippen molar-refractivity contribution in [1.82, 2.24) is 24.8 Å². The fraction of sp³-hybridized carbons (Fsp3) is 0.444. The van der Waals surface area contributed by atoms with Gasteiger partial charge in [-0.15, -0.1) is 0 Å². The predicted molar refractivity (Wildman–Crippen MR) is 111 cm³/mol. The zero-order valence-electron chi connectivity index (χ0n) is 16.8. The van der Waals surface area contributed by atoms with E-state index in [4.69, 9.17) is 9.26 Å². The van der Waals surface area contributed by atoms with E-state index in [0.717, 1.165) is 0 Å². The number of hydrogen-bond donors (Lipinski definition) is 1. The summed E-state index contributed by atoms with van der Waals surface area (Å²) in [7, 11) is -0.0421. The SMILES string of the molecule is CN(C)c1nc(CNS(=O)(=O)Cc2noc3ccccc23)nc(N2CCOCC2)n1. The van der Waals surface area contributed by atoms with Crippen LogP contribution in [0.5, 0.6) is 0 Å². The molecule has 0 radical (unpaired) electrons. The lowest BCUT2D eigenvalue weighted by Gasteiger charge is -2.27. The summed E-state index contributed by atoms with van der Waals surface area (Å²) in [6.45, 7) is 2.47. The van der Waals surface area contributed by atoms with E-state index in [1.165, 1.54) is 0 Å². The van der Waals surface area contributed by atoms with Crippen LogP contribution in [0.15, 0.2) is 28.8 Å². The summed E-state index contributed by atoms with van der Waals surface area (Å²) in [5.41, 5.74) is 0.905. The second-order valence-electron chi connectivity index (χ2n) is 7.05. The second-order valence-corrected chi connectivity index (χ2v) is 8.86. The molecular weight excluding hydrogens is 410 g/mol. The van der Waals surface area contributed by atoms with Crippen LogP contribution in [0.4, 0.5) is 11.9 Å². The maximum absolute atomic E-state index is 12.6. The van der Waals surface area contributed by atoms with Crippen molar-refractivity contribution in [3.05, 3.63) is 35.8 Å². The summed E-state index contributed by atoms with van der Waals surface area (Å²) in [5.74, 6) is 1.01. The molecule has 0 atom stereocenters. The summed E-state index contributed by atoms with van der Waals surface area (Å²) in [4.78, 5) is 17.0. The average Bonchev–Trinajstić information content (AvgIpc) is 3.15. The molecule has 1 aromatic carbocycles. The number of nitrogens with zero attached hydrogens (tertiary/aromatic N) is 6. The van der Waals surface area contributed by atoms with Crippen molar-refractivity contribution in [2.75, 3.05) is 50.2 Å². The maximum Gasteiger partial charge on any atom is 0.230 e. The molecule has 1 N–H and O–H groups in total. The van der Waals surface area contributed by atoms with Crippen molar-refractivity contribution in [3.63, 3.8) is 0 Å². The first-order chi connectivity index (χ1) is 14.4. The average molecular weight is 433 g/mol. The minimum Gasteiger partial charge on any atom is -0.378 e. The molecule has 30 heavy (non-hydrogen) atoms. The van der Waals surface area contributed by atoms with E-state index in [-0.39, 0.29) is 12.3 Å². The van der Waals surface area contributed by atoms with Crippen molar-refractivity contribution in [2.45, 2.75) is 12.3 Å². The van der Waals surface area contributed by atoms with Crippen molar-refractivity contribution in [1.29, 1.82) is 0 Å². The Kier molecular flexibility index (Phi) is 5.79. The third kappa shape index (κ3) is 4.66. The van der Waals surface area contributed by atoms with Gasteiger partial charge in [-0.05, 0) is 12.1 Å². The van der Waals surface area contributed by atoms with E-state index >= 15 is 0 Å². The highest BCUT2D eigenvalue weighted by Crippen LogP contribution is 2.20. The number of aromatic nitrogens is 4. The number of ether oxygens (including phenoxy) is 1. The number of fused-ring (bicyclic) bond motifs is 1. The second kappa shape index (κ2) is 8.50. The van der Waals surface area contributed by atoms with Crippen molar-refractivity contribution >= 4 is 32.9 Å². The van der Waals surface area contributed by atoms with Gasteiger partial charge in [-0.25, -0.2) is 13.1 Å². The first kappa shape index (κ1) is 20.4. The quantitative estimate of drug-likeness (QED) is 0.564. The van der Waals surface area contributed by atoms with Gasteiger partial charge >= 0.3 is 0 Å². The van der Waals surface area contributed by atoms with Crippen LogP contribution < -0.4 is 14.5 Å². The molecular formula is C18H23N7O4S. The van der Waals surface area contributed by atoms with Crippen LogP contribution in [-0.2, 0) is 27.1 Å². The normalized spacial score (nSPS) is 14.9. The largest absolute Gasteiger partial charge is 0.378 e. The first-order valence-electron chi connectivity index (χ1n) is 9.47. The van der Waals surface area contributed by atoms with Crippen molar-refractivity contribution < 1.29 is 17.7 Å². The van der Waals surface area contributed by atoms with E-state index < -0.39 is 10.0 Å². The van der Waals surface area contributed by atoms with Gasteiger partial charge in [0.2, 0.25) is 21.9 Å². The molecule has 11 nitrogen and oxygen atoms in total. The van der Waals surface area contributed by atoms with E-state index in [0.29, 0.717) is 60.7 Å². The topological polar surface area (TPSA) is 127 Å². The number of anilines is 2. The highest BCUT2D eigenvalue weighted by molar-refractivity contribution is 7.88. The van der Waals surface area contributed by atoms with Gasteiger partial charge in [0.15, 0.2) is 11.4 Å². The zero-order valence-corrected chi connectivity index (χ0v) is 17.6. The Bertz CT molecular complexity index is 1130. The summed E-state index contributed by atoms with van der Waals surface area (Å²) in [6, 6.07) is 7.14. The fourth-order valence-corrected chi connectivity index (χ4v) is 4.05. The van der Waals surface area contributed by atoms with Gasteiger partial charge in [0.05, 0.1) is 19.8 Å². The van der Waals surface area contributed by atoms with Gasteiger partial charge in [0.25, 0.3) is 0 Å². The number of hydrogen-bond acceptors (Lipinski definition) is 10. The van der Waals surface area contributed by atoms with Crippen LogP contribution in [0.25, 0.3) is 11.0 Å². The summed E-state index contributed by atoms with van der Waals surface area (Å²) in [5, 5.41) is 4.56. The highest BCUT2D eigenvalue weighted by Gasteiger charge is 2.20. The molecule has 2 aromatic heterocycles. The molecule has 0 saturated carbocycles. The van der Waals surface area contributed by atoms with Crippen molar-refractivity contribution in [2.24, 2.45) is 0 Å². The van der Waals surface area contributed by atoms with Gasteiger partial charge in [-0.1, -0.05) is 17.3 Å². The molecule has 0 unspecified atom stereocenters. The van der Waals surface area contributed by atoms with Crippen LogP contribution in [0.1, 0.15) is 11.5 Å². The smallest absolute Gasteiger partial charge is 0.230 e. The molecule has 1 aliphatic heterocycles. The Morgan fingerprint density at radius 2 is 1.90 bits per heavy atom. The Morgan fingerprint density at radius 3 is 2.67 bits per heavy atom. The number of para-hydroxylation sites is 1. The monoisotopic (exact) mass is 433 g/mol. The molecule has 4 rings (SSSR count). The summed E-state index contributed by atoms with van der Waals surface area (Å²) in [6.07, 6.45) is 0. The Balaban J connectivity index is 1.51. The third-order valence-corrected chi connectivity index (χ3v) is 5.82. The van der Waals surface area contributed by atoms with Crippen molar-refractivity contribution in [3.8, 4) is 0 Å². The lowest BCUT2D eigenvalue weighted by molar-refractivity contribution is 0.122. The molecule has 1 aliphatic rings. The van der Waals surface area contributed by atoms with Crippen LogP contribution >= 0.6 is 0 Å². The van der Waals surface area contributed by atoms with Crippen LogP contribution in [-0.4, -0.2) is 68.9 Å². The van der Waals surface area contributed by atoms with E-state index in [9.17, 15) is 8.42 Å². The minimum atomic E-state index is -3.69. The van der Waals surface area contributed by atoms with E-state index in [1.54, 1.807) is 23.1 Å². The Hall–Kier alpha value is -2.83. The number of morpholine rings is 1. The van der Waals surface area contributed by atoms with Gasteiger partial charge in [-0.2, -0.15) is 15.0 Å². The first-order valence-corrected chi connectivity index (χ1v) is 11.1. The van der Waals surface area contributed by atoms with Gasteiger partial charge in [0, 0.05) is 32.6 Å². The standard InChI is InChI=1S/C18H23N7O4S/c1-24(2)17-20-16(21-18(22-17)25-7-9-28-10-8-25)11-19-30(26,27)12-14-13-5-3-4-6-15(13)29-23-14/h3-6,19H,7-12H2,1-2H3. The third-order valence-electron chi connectivity index (χ3n) is 4.58. The Labute approximate surface area is 174 Å². The molecule has 0 spiro atoms. The molecule has 160 valence electrons. The summed E-state index contributed by atoms with van der Waals surface area (Å²) >= 11 is 0. The zero-order chi connectivity index (χ0) is 21.1. The molecule has 3 heterocycles. The van der Waals surface area contributed by atoms with Crippen LogP contribution in [0, 0.1) is 0 Å². The molecule has 1 saturated heterocycles. The molecule has 3 aromatic rings. The molecule has 0 aliphatic carbocycles. The number of nitrogens with one attached hydrogen (secondary N) is 1. The van der Waals surface area contributed by atoms with E-state index in [1.807, 2.05) is 25.1 Å². The lowest BCUT2D eigenvalue weighted by Crippen LogP contribution is -2.38. The lowest BCUT2D eigenvalue weighted by atomic mass is 10.2. The molecule has 12 heteroatoms. The predicted octanol–water partition coefficient (Wildman–Crippen LogP) is 0.535. The number of sulfonamides is 1. The highest BCUT2D eigenvalue weighted by atomic mass is 32.2. The molecule has 1 fully saturated rings. The molecule has 0 bridgehead atoms.